The average Bonchev–Trinajstić information content (AvgIpc) is 3.28. The minimum absolute atomic E-state index is 0.131. The summed E-state index contributed by atoms with van der Waals surface area (Å²) in [5, 5.41) is 25.1. The second kappa shape index (κ2) is 9.76. The van der Waals surface area contributed by atoms with Crippen LogP contribution in [0.2, 0.25) is 0 Å². The number of halogens is 3. The maximum Gasteiger partial charge on any atom is 0.416 e. The van der Waals surface area contributed by atoms with Crippen molar-refractivity contribution in [1.82, 2.24) is 14.9 Å². The number of alkyl halides is 3. The monoisotopic (exact) mass is 486 g/mol. The summed E-state index contributed by atoms with van der Waals surface area (Å²) in [6.07, 6.45) is -3.73. The molecule has 0 saturated carbocycles. The predicted molar refractivity (Wildman–Crippen MR) is 128 cm³/mol. The van der Waals surface area contributed by atoms with Gasteiger partial charge in [-0.05, 0) is 36.8 Å². The van der Waals surface area contributed by atoms with Crippen molar-refractivity contribution in [1.29, 1.82) is 5.41 Å². The SMILES string of the molecule is N=C(c1ccc(N)cc1)c1c(N)ncnc1NC1CCN(C(O)Nc2cccc(C(F)(F)F)c2)C1. The van der Waals surface area contributed by atoms with Gasteiger partial charge in [0.15, 0.2) is 6.35 Å². The molecule has 1 aliphatic rings. The van der Waals surface area contributed by atoms with E-state index in [2.05, 4.69) is 20.6 Å². The summed E-state index contributed by atoms with van der Waals surface area (Å²) in [4.78, 5) is 9.97. The second-order valence-electron chi connectivity index (χ2n) is 8.20. The number of hydrogen-bond donors (Lipinski definition) is 6. The molecular formula is C23H25F3N8O. The summed E-state index contributed by atoms with van der Waals surface area (Å²) in [6.45, 7) is 0.863. The van der Waals surface area contributed by atoms with Gasteiger partial charge in [0, 0.05) is 36.1 Å². The van der Waals surface area contributed by atoms with Gasteiger partial charge in [0.05, 0.1) is 16.8 Å². The van der Waals surface area contributed by atoms with E-state index in [0.29, 0.717) is 42.1 Å². The Morgan fingerprint density at radius 3 is 2.60 bits per heavy atom. The first-order chi connectivity index (χ1) is 16.6. The first kappa shape index (κ1) is 24.2. The molecule has 9 nitrogen and oxygen atoms in total. The normalized spacial score (nSPS) is 17.2. The number of nitrogen functional groups attached to an aromatic ring is 2. The Kier molecular flexibility index (Phi) is 6.76. The summed E-state index contributed by atoms with van der Waals surface area (Å²) in [5.74, 6) is 0.525. The molecule has 1 saturated heterocycles. The molecule has 2 unspecified atom stereocenters. The zero-order valence-electron chi connectivity index (χ0n) is 18.5. The minimum Gasteiger partial charge on any atom is -0.399 e. The van der Waals surface area contributed by atoms with Gasteiger partial charge in [-0.3, -0.25) is 10.3 Å². The summed E-state index contributed by atoms with van der Waals surface area (Å²) in [6, 6.07) is 11.3. The molecule has 2 aromatic carbocycles. The van der Waals surface area contributed by atoms with E-state index in [4.69, 9.17) is 16.9 Å². The van der Waals surface area contributed by atoms with Gasteiger partial charge in [-0.25, -0.2) is 9.97 Å². The third-order valence-corrected chi connectivity index (χ3v) is 5.72. The number of nitrogens with one attached hydrogen (secondary N) is 3. The van der Waals surface area contributed by atoms with Gasteiger partial charge in [-0.1, -0.05) is 18.2 Å². The van der Waals surface area contributed by atoms with Crippen molar-refractivity contribution in [3.8, 4) is 0 Å². The van der Waals surface area contributed by atoms with Crippen molar-refractivity contribution in [3.63, 3.8) is 0 Å². The third kappa shape index (κ3) is 5.61. The first-order valence-corrected chi connectivity index (χ1v) is 10.8. The van der Waals surface area contributed by atoms with Crippen LogP contribution in [0.5, 0.6) is 0 Å². The molecule has 3 aromatic rings. The predicted octanol–water partition coefficient (Wildman–Crippen LogP) is 2.95. The lowest BCUT2D eigenvalue weighted by Crippen LogP contribution is -2.40. The lowest BCUT2D eigenvalue weighted by atomic mass is 10.0. The number of aliphatic hydroxyl groups is 1. The van der Waals surface area contributed by atoms with Gasteiger partial charge < -0.3 is 27.2 Å². The number of nitrogens with zero attached hydrogens (tertiary/aromatic N) is 3. The molecule has 1 fully saturated rings. The molecule has 184 valence electrons. The highest BCUT2D eigenvalue weighted by atomic mass is 19.4. The van der Waals surface area contributed by atoms with E-state index in [1.165, 1.54) is 18.5 Å². The molecule has 8 N–H and O–H groups in total. The van der Waals surface area contributed by atoms with Gasteiger partial charge in [0.25, 0.3) is 0 Å². The van der Waals surface area contributed by atoms with Crippen molar-refractivity contribution in [2.45, 2.75) is 25.0 Å². The van der Waals surface area contributed by atoms with Crippen LogP contribution in [0.1, 0.15) is 23.1 Å². The van der Waals surface area contributed by atoms with Gasteiger partial charge in [0.2, 0.25) is 0 Å². The number of benzene rings is 2. The zero-order valence-corrected chi connectivity index (χ0v) is 18.5. The van der Waals surface area contributed by atoms with Crippen LogP contribution < -0.4 is 22.1 Å². The number of rotatable bonds is 7. The third-order valence-electron chi connectivity index (χ3n) is 5.72. The van der Waals surface area contributed by atoms with E-state index in [1.807, 2.05) is 0 Å². The molecule has 0 amide bonds. The lowest BCUT2D eigenvalue weighted by Gasteiger charge is -2.25. The molecule has 1 aliphatic heterocycles. The Morgan fingerprint density at radius 1 is 1.14 bits per heavy atom. The van der Waals surface area contributed by atoms with E-state index in [0.717, 1.165) is 12.1 Å². The largest absolute Gasteiger partial charge is 0.416 e. The van der Waals surface area contributed by atoms with E-state index in [1.54, 1.807) is 29.2 Å². The van der Waals surface area contributed by atoms with E-state index >= 15 is 0 Å². The maximum absolute atomic E-state index is 13.0. The Balaban J connectivity index is 1.44. The van der Waals surface area contributed by atoms with Crippen LogP contribution in [0.25, 0.3) is 0 Å². The van der Waals surface area contributed by atoms with E-state index in [-0.39, 0.29) is 23.3 Å². The fourth-order valence-corrected chi connectivity index (χ4v) is 3.90. The molecule has 2 heterocycles. The van der Waals surface area contributed by atoms with Crippen LogP contribution in [0.3, 0.4) is 0 Å². The number of hydrogen-bond acceptors (Lipinski definition) is 9. The van der Waals surface area contributed by atoms with E-state index in [9.17, 15) is 18.3 Å². The molecule has 0 spiro atoms. The summed E-state index contributed by atoms with van der Waals surface area (Å²) >= 11 is 0. The molecular weight excluding hydrogens is 461 g/mol. The number of nitrogens with two attached hydrogens (primary N) is 2. The van der Waals surface area contributed by atoms with Crippen LogP contribution >= 0.6 is 0 Å². The quantitative estimate of drug-likeness (QED) is 0.170. The molecule has 35 heavy (non-hydrogen) atoms. The maximum atomic E-state index is 13.0. The van der Waals surface area contributed by atoms with Crippen LogP contribution in [-0.2, 0) is 6.18 Å². The van der Waals surface area contributed by atoms with Crippen LogP contribution in [-0.4, -0.2) is 51.2 Å². The Labute approximate surface area is 199 Å². The van der Waals surface area contributed by atoms with E-state index < -0.39 is 18.1 Å². The average molecular weight is 487 g/mol. The molecule has 12 heteroatoms. The number of aliphatic hydroxyl groups excluding tert-OH is 1. The number of aromatic nitrogens is 2. The standard InChI is InChI=1S/C23H25F3N8O/c24-23(25,26)14-2-1-3-16(10-14)33-22(35)34-9-8-17(11-34)32-21-18(20(29)30-12-31-21)19(28)13-4-6-15(27)7-5-13/h1-7,10,12,17,22,28,33,35H,8-9,11,27H2,(H3,29,30,31,32). The van der Waals surface area contributed by atoms with Crippen LogP contribution in [0.15, 0.2) is 54.9 Å². The molecule has 0 radical (unpaired) electrons. The van der Waals surface area contributed by atoms with Gasteiger partial charge in [-0.2, -0.15) is 13.2 Å². The minimum atomic E-state index is -4.47. The fraction of sp³-hybridized carbons (Fsp3) is 0.261. The molecule has 2 atom stereocenters. The highest BCUT2D eigenvalue weighted by Gasteiger charge is 2.32. The molecule has 0 bridgehead atoms. The Bertz CT molecular complexity index is 1200. The van der Waals surface area contributed by atoms with Gasteiger partial charge >= 0.3 is 6.18 Å². The van der Waals surface area contributed by atoms with Crippen molar-refractivity contribution in [3.05, 3.63) is 71.5 Å². The van der Waals surface area contributed by atoms with Crippen LogP contribution in [0.4, 0.5) is 36.2 Å². The molecule has 4 rings (SSSR count). The summed E-state index contributed by atoms with van der Waals surface area (Å²) in [5.41, 5.74) is 12.8. The van der Waals surface area contributed by atoms with Crippen molar-refractivity contribution >= 4 is 28.7 Å². The number of anilines is 4. The molecule has 0 aliphatic carbocycles. The topological polar surface area (TPSA) is 149 Å². The highest BCUT2D eigenvalue weighted by molar-refractivity contribution is 6.16. The van der Waals surface area contributed by atoms with Gasteiger partial charge in [0.1, 0.15) is 18.0 Å². The lowest BCUT2D eigenvalue weighted by molar-refractivity contribution is -0.137. The van der Waals surface area contributed by atoms with Crippen molar-refractivity contribution in [2.24, 2.45) is 0 Å². The Morgan fingerprint density at radius 2 is 1.89 bits per heavy atom. The zero-order chi connectivity index (χ0) is 25.2. The van der Waals surface area contributed by atoms with Crippen LogP contribution in [0, 0.1) is 5.41 Å². The Hall–Kier alpha value is -3.90. The summed E-state index contributed by atoms with van der Waals surface area (Å²) in [7, 11) is 0. The summed E-state index contributed by atoms with van der Waals surface area (Å²) < 4.78 is 38.9. The van der Waals surface area contributed by atoms with Crippen molar-refractivity contribution < 1.29 is 18.3 Å². The fourth-order valence-electron chi connectivity index (χ4n) is 3.90. The molecule has 1 aromatic heterocycles. The van der Waals surface area contributed by atoms with Gasteiger partial charge in [-0.15, -0.1) is 0 Å². The highest BCUT2D eigenvalue weighted by Crippen LogP contribution is 2.31. The smallest absolute Gasteiger partial charge is 0.399 e. The number of likely N-dealkylation sites (tertiary alicyclic amines) is 1. The second-order valence-corrected chi connectivity index (χ2v) is 8.20. The van der Waals surface area contributed by atoms with Crippen molar-refractivity contribution in [2.75, 3.05) is 35.2 Å². The first-order valence-electron chi connectivity index (χ1n) is 10.8.